The van der Waals surface area contributed by atoms with Gasteiger partial charge < -0.3 is 10.2 Å². The quantitative estimate of drug-likeness (QED) is 0.480. The standard InChI is InChI=1S/C15H16N2.C7H8O2.Ni/c1-11-8-12(2)15(13(3)9-11)17-10-14-6-4-5-7-16-14;1-5-2-3-6(8)7(9)4-5;/h4-10H,1-3H3;2-4,8-9H,1H3;/q;;+2/p-2. The molecule has 5 heteroatoms. The fraction of sp³-hybridized carbons (Fsp3) is 0.182. The van der Waals surface area contributed by atoms with Gasteiger partial charge in [-0.3, -0.25) is 9.98 Å². The second-order valence-corrected chi connectivity index (χ2v) is 6.21. The minimum absolute atomic E-state index is 0. The van der Waals surface area contributed by atoms with Crippen molar-refractivity contribution >= 4 is 11.9 Å². The number of pyridine rings is 1. The SMILES string of the molecule is Cc1cc(C)c(N=Cc2ccccn2)c(C)c1.Cc1ccc([O-])c([O-])c1.[Ni+2]. The summed E-state index contributed by atoms with van der Waals surface area (Å²) in [7, 11) is 0. The molecule has 1 heterocycles. The summed E-state index contributed by atoms with van der Waals surface area (Å²) in [6.07, 6.45) is 3.58. The van der Waals surface area contributed by atoms with Crippen LogP contribution in [0.1, 0.15) is 27.9 Å². The predicted octanol–water partition coefficient (Wildman–Crippen LogP) is 3.90. The van der Waals surface area contributed by atoms with E-state index in [1.807, 2.05) is 24.4 Å². The van der Waals surface area contributed by atoms with E-state index in [0.29, 0.717) is 0 Å². The maximum absolute atomic E-state index is 10.5. The van der Waals surface area contributed by atoms with Crippen LogP contribution in [0.5, 0.6) is 11.5 Å². The molecule has 0 aliphatic rings. The molecule has 0 saturated carbocycles. The van der Waals surface area contributed by atoms with E-state index in [1.165, 1.54) is 28.8 Å². The monoisotopic (exact) mass is 404 g/mol. The van der Waals surface area contributed by atoms with Crippen molar-refractivity contribution in [2.75, 3.05) is 0 Å². The average molecular weight is 405 g/mol. The molecule has 3 aromatic rings. The molecule has 1 aromatic heterocycles. The van der Waals surface area contributed by atoms with Gasteiger partial charge in [-0.1, -0.05) is 47.5 Å². The second kappa shape index (κ2) is 10.5. The van der Waals surface area contributed by atoms with E-state index in [1.54, 1.807) is 19.2 Å². The molecule has 0 radical (unpaired) electrons. The third kappa shape index (κ3) is 6.88. The van der Waals surface area contributed by atoms with Gasteiger partial charge in [0.25, 0.3) is 0 Å². The Labute approximate surface area is 170 Å². The summed E-state index contributed by atoms with van der Waals surface area (Å²) in [5, 5.41) is 21.0. The maximum Gasteiger partial charge on any atom is 2.00 e. The third-order valence-electron chi connectivity index (χ3n) is 3.75. The Morgan fingerprint density at radius 2 is 1.48 bits per heavy atom. The molecule has 0 aliphatic carbocycles. The van der Waals surface area contributed by atoms with E-state index in [4.69, 9.17) is 0 Å². The number of hydrogen-bond acceptors (Lipinski definition) is 4. The molecule has 0 spiro atoms. The molecule has 0 bridgehead atoms. The van der Waals surface area contributed by atoms with Gasteiger partial charge in [-0.05, 0) is 51.0 Å². The van der Waals surface area contributed by atoms with E-state index in [-0.39, 0.29) is 16.5 Å². The van der Waals surface area contributed by atoms with Gasteiger partial charge >= 0.3 is 16.5 Å². The zero-order valence-corrected chi connectivity index (χ0v) is 16.8. The van der Waals surface area contributed by atoms with Crippen molar-refractivity contribution in [3.63, 3.8) is 0 Å². The summed E-state index contributed by atoms with van der Waals surface area (Å²) in [6.45, 7) is 8.06. The topological polar surface area (TPSA) is 71.4 Å². The van der Waals surface area contributed by atoms with E-state index in [0.717, 1.165) is 16.9 Å². The number of hydrogen-bond donors (Lipinski definition) is 0. The van der Waals surface area contributed by atoms with Crippen LogP contribution in [0.25, 0.3) is 0 Å². The third-order valence-corrected chi connectivity index (χ3v) is 3.75. The van der Waals surface area contributed by atoms with Gasteiger partial charge in [0.2, 0.25) is 0 Å². The number of aromatic nitrogens is 1. The number of aliphatic imine (C=N–C) groups is 1. The summed E-state index contributed by atoms with van der Waals surface area (Å²) in [4.78, 5) is 8.75. The van der Waals surface area contributed by atoms with Crippen LogP contribution < -0.4 is 10.2 Å². The number of rotatable bonds is 2. The molecular formula is C22H22N2NiO2. The molecule has 0 N–H and O–H groups in total. The molecular weight excluding hydrogens is 383 g/mol. The van der Waals surface area contributed by atoms with E-state index in [2.05, 4.69) is 42.9 Å². The Morgan fingerprint density at radius 1 is 0.815 bits per heavy atom. The molecule has 2 aromatic carbocycles. The number of aryl methyl sites for hydroxylation is 4. The first kappa shape index (κ1) is 22.4. The van der Waals surface area contributed by atoms with Crippen LogP contribution in [-0.2, 0) is 16.5 Å². The van der Waals surface area contributed by atoms with Crippen LogP contribution in [0.15, 0.2) is 59.7 Å². The molecule has 0 saturated heterocycles. The Hall–Kier alpha value is -2.65. The number of benzene rings is 2. The average Bonchev–Trinajstić information content (AvgIpc) is 2.59. The van der Waals surface area contributed by atoms with Gasteiger partial charge in [0.05, 0.1) is 17.6 Å². The largest absolute Gasteiger partial charge is 2.00 e. The van der Waals surface area contributed by atoms with Crippen LogP contribution in [-0.4, -0.2) is 11.2 Å². The normalized spacial score (nSPS) is 10.1. The van der Waals surface area contributed by atoms with Crippen LogP contribution >= 0.6 is 0 Å². The van der Waals surface area contributed by atoms with Crippen LogP contribution in [0.4, 0.5) is 5.69 Å². The van der Waals surface area contributed by atoms with E-state index >= 15 is 0 Å². The summed E-state index contributed by atoms with van der Waals surface area (Å²) >= 11 is 0. The van der Waals surface area contributed by atoms with Gasteiger partial charge in [-0.15, -0.1) is 11.5 Å². The first-order valence-corrected chi connectivity index (χ1v) is 8.34. The summed E-state index contributed by atoms with van der Waals surface area (Å²) in [5.41, 5.74) is 6.44. The Bertz CT molecular complexity index is 886. The van der Waals surface area contributed by atoms with Crippen LogP contribution in [0, 0.1) is 27.7 Å². The van der Waals surface area contributed by atoms with Crippen molar-refractivity contribution in [2.45, 2.75) is 27.7 Å². The predicted molar refractivity (Wildman–Crippen MR) is 102 cm³/mol. The smallest absolute Gasteiger partial charge is 0.873 e. The van der Waals surface area contributed by atoms with Crippen molar-refractivity contribution in [2.24, 2.45) is 4.99 Å². The van der Waals surface area contributed by atoms with Gasteiger partial charge in [0, 0.05) is 6.20 Å². The molecule has 27 heavy (non-hydrogen) atoms. The van der Waals surface area contributed by atoms with Crippen molar-refractivity contribution in [3.8, 4) is 11.5 Å². The summed E-state index contributed by atoms with van der Waals surface area (Å²) in [6, 6.07) is 14.4. The van der Waals surface area contributed by atoms with E-state index in [9.17, 15) is 10.2 Å². The van der Waals surface area contributed by atoms with Crippen molar-refractivity contribution in [3.05, 3.63) is 82.7 Å². The second-order valence-electron chi connectivity index (χ2n) is 6.21. The van der Waals surface area contributed by atoms with Crippen molar-refractivity contribution in [1.29, 1.82) is 0 Å². The molecule has 4 nitrogen and oxygen atoms in total. The Kier molecular flexibility index (Phi) is 8.70. The minimum atomic E-state index is -0.430. The first-order chi connectivity index (χ1) is 12.4. The molecule has 0 unspecified atom stereocenters. The fourth-order valence-electron chi connectivity index (χ4n) is 2.57. The molecule has 3 rings (SSSR count). The first-order valence-electron chi connectivity index (χ1n) is 8.34. The summed E-state index contributed by atoms with van der Waals surface area (Å²) < 4.78 is 0. The van der Waals surface area contributed by atoms with Crippen molar-refractivity contribution in [1.82, 2.24) is 4.98 Å². The van der Waals surface area contributed by atoms with Gasteiger partial charge in [-0.25, -0.2) is 0 Å². The van der Waals surface area contributed by atoms with E-state index < -0.39 is 11.5 Å². The molecule has 0 aliphatic heterocycles. The molecule has 0 amide bonds. The summed E-state index contributed by atoms with van der Waals surface area (Å²) in [5.74, 6) is -0.851. The van der Waals surface area contributed by atoms with Gasteiger partial charge in [0.1, 0.15) is 0 Å². The maximum atomic E-state index is 10.5. The minimum Gasteiger partial charge on any atom is -0.873 e. The molecule has 0 fully saturated rings. The zero-order chi connectivity index (χ0) is 19.1. The Morgan fingerprint density at radius 3 is 2.00 bits per heavy atom. The Balaban J connectivity index is 0.000000310. The van der Waals surface area contributed by atoms with Crippen molar-refractivity contribution < 1.29 is 26.7 Å². The van der Waals surface area contributed by atoms with Gasteiger partial charge in [-0.2, -0.15) is 0 Å². The van der Waals surface area contributed by atoms with Gasteiger partial charge in [0.15, 0.2) is 0 Å². The molecule has 0 atom stereocenters. The zero-order valence-electron chi connectivity index (χ0n) is 15.8. The number of nitrogens with zero attached hydrogens (tertiary/aromatic N) is 2. The van der Waals surface area contributed by atoms with Crippen LogP contribution in [0.2, 0.25) is 0 Å². The fourth-order valence-corrected chi connectivity index (χ4v) is 2.57. The molecule has 142 valence electrons. The van der Waals surface area contributed by atoms with Crippen LogP contribution in [0.3, 0.4) is 0 Å².